The molecule has 0 spiro atoms. The molecular weight excluding hydrogens is 256 g/mol. The van der Waals surface area contributed by atoms with Crippen LogP contribution in [0.4, 0.5) is 11.4 Å². The summed E-state index contributed by atoms with van der Waals surface area (Å²) in [6.07, 6.45) is 2.91. The number of ether oxygens (including phenoxy) is 1. The van der Waals surface area contributed by atoms with E-state index in [4.69, 9.17) is 10.5 Å². The van der Waals surface area contributed by atoms with E-state index in [2.05, 4.69) is 15.5 Å². The molecule has 1 aromatic carbocycles. The molecule has 0 atom stereocenters. The van der Waals surface area contributed by atoms with Gasteiger partial charge in [-0.2, -0.15) is 5.10 Å². The summed E-state index contributed by atoms with van der Waals surface area (Å²) in [5.74, 6) is 0.395. The van der Waals surface area contributed by atoms with E-state index in [1.165, 1.54) is 0 Å². The van der Waals surface area contributed by atoms with Crippen molar-refractivity contribution in [1.82, 2.24) is 10.2 Å². The molecule has 2 aromatic rings. The highest BCUT2D eigenvalue weighted by Gasteiger charge is 2.23. The van der Waals surface area contributed by atoms with Gasteiger partial charge in [0, 0.05) is 17.3 Å². The Bertz CT molecular complexity index is 663. The van der Waals surface area contributed by atoms with Crippen LogP contribution in [-0.2, 0) is 12.8 Å². The van der Waals surface area contributed by atoms with Crippen LogP contribution < -0.4 is 15.8 Å². The van der Waals surface area contributed by atoms with Gasteiger partial charge in [0.05, 0.1) is 18.5 Å². The van der Waals surface area contributed by atoms with E-state index >= 15 is 0 Å². The predicted octanol–water partition coefficient (Wildman–Crippen LogP) is 1.74. The Morgan fingerprint density at radius 3 is 3.10 bits per heavy atom. The second-order valence-electron chi connectivity index (χ2n) is 4.79. The molecule has 1 aliphatic carbocycles. The molecule has 1 amide bonds. The minimum Gasteiger partial charge on any atom is -0.497 e. The third-order valence-corrected chi connectivity index (χ3v) is 3.53. The number of rotatable bonds is 3. The first-order valence-corrected chi connectivity index (χ1v) is 6.50. The number of aromatic amines is 1. The SMILES string of the molecule is COc1ccc(N)c(NC(=O)c2n[nH]c3c2CCC3)c1. The van der Waals surface area contributed by atoms with Crippen LogP contribution in [0.1, 0.15) is 28.2 Å². The summed E-state index contributed by atoms with van der Waals surface area (Å²) in [7, 11) is 1.57. The van der Waals surface area contributed by atoms with Gasteiger partial charge in [-0.3, -0.25) is 9.89 Å². The Hall–Kier alpha value is -2.50. The van der Waals surface area contributed by atoms with Gasteiger partial charge in [0.1, 0.15) is 5.75 Å². The monoisotopic (exact) mass is 272 g/mol. The van der Waals surface area contributed by atoms with Gasteiger partial charge in [-0.1, -0.05) is 0 Å². The maximum absolute atomic E-state index is 12.3. The minimum absolute atomic E-state index is 0.246. The summed E-state index contributed by atoms with van der Waals surface area (Å²) in [6, 6.07) is 5.14. The lowest BCUT2D eigenvalue weighted by molar-refractivity contribution is 0.102. The van der Waals surface area contributed by atoms with Crippen molar-refractivity contribution in [3.63, 3.8) is 0 Å². The van der Waals surface area contributed by atoms with E-state index in [-0.39, 0.29) is 5.91 Å². The third-order valence-electron chi connectivity index (χ3n) is 3.53. The van der Waals surface area contributed by atoms with Crippen LogP contribution in [0.3, 0.4) is 0 Å². The van der Waals surface area contributed by atoms with Crippen LogP contribution in [0.2, 0.25) is 0 Å². The zero-order valence-corrected chi connectivity index (χ0v) is 11.2. The van der Waals surface area contributed by atoms with E-state index in [0.29, 0.717) is 22.8 Å². The molecule has 4 N–H and O–H groups in total. The van der Waals surface area contributed by atoms with Crippen molar-refractivity contribution in [2.24, 2.45) is 0 Å². The van der Waals surface area contributed by atoms with Crippen molar-refractivity contribution in [3.05, 3.63) is 35.2 Å². The number of hydrogen-bond acceptors (Lipinski definition) is 4. The molecular formula is C14H16N4O2. The van der Waals surface area contributed by atoms with Crippen molar-refractivity contribution in [2.45, 2.75) is 19.3 Å². The number of fused-ring (bicyclic) bond motifs is 1. The molecule has 1 aliphatic rings. The number of hydrogen-bond donors (Lipinski definition) is 3. The molecule has 3 rings (SSSR count). The molecule has 6 nitrogen and oxygen atoms in total. The minimum atomic E-state index is -0.246. The van der Waals surface area contributed by atoms with E-state index < -0.39 is 0 Å². The van der Waals surface area contributed by atoms with Gasteiger partial charge in [0.2, 0.25) is 0 Å². The maximum Gasteiger partial charge on any atom is 0.276 e. The summed E-state index contributed by atoms with van der Waals surface area (Å²) >= 11 is 0. The number of amides is 1. The van der Waals surface area contributed by atoms with Gasteiger partial charge >= 0.3 is 0 Å². The first kappa shape index (κ1) is 12.5. The summed E-state index contributed by atoms with van der Waals surface area (Å²) in [6.45, 7) is 0. The lowest BCUT2D eigenvalue weighted by atomic mass is 10.2. The molecule has 0 bridgehead atoms. The molecule has 0 radical (unpaired) electrons. The van der Waals surface area contributed by atoms with Gasteiger partial charge < -0.3 is 15.8 Å². The van der Waals surface area contributed by atoms with Gasteiger partial charge in [-0.05, 0) is 31.4 Å². The average Bonchev–Trinajstić information content (AvgIpc) is 3.03. The first-order valence-electron chi connectivity index (χ1n) is 6.50. The largest absolute Gasteiger partial charge is 0.497 e. The zero-order chi connectivity index (χ0) is 14.1. The number of aryl methyl sites for hydroxylation is 1. The Labute approximate surface area is 116 Å². The van der Waals surface area contributed by atoms with Crippen LogP contribution in [0, 0.1) is 0 Å². The highest BCUT2D eigenvalue weighted by atomic mass is 16.5. The number of benzene rings is 1. The van der Waals surface area contributed by atoms with Gasteiger partial charge in [0.15, 0.2) is 5.69 Å². The maximum atomic E-state index is 12.3. The van der Waals surface area contributed by atoms with Crippen LogP contribution in [0.25, 0.3) is 0 Å². The average molecular weight is 272 g/mol. The fraction of sp³-hybridized carbons (Fsp3) is 0.286. The topological polar surface area (TPSA) is 93.0 Å². The molecule has 0 saturated heterocycles. The number of methoxy groups -OCH3 is 1. The second-order valence-corrected chi connectivity index (χ2v) is 4.79. The van der Waals surface area contributed by atoms with Gasteiger partial charge in [0.25, 0.3) is 5.91 Å². The van der Waals surface area contributed by atoms with Crippen LogP contribution in [0.5, 0.6) is 5.75 Å². The number of H-pyrrole nitrogens is 1. The lowest BCUT2D eigenvalue weighted by Gasteiger charge is -2.09. The quantitative estimate of drug-likeness (QED) is 0.742. The van der Waals surface area contributed by atoms with Crippen LogP contribution in [0.15, 0.2) is 18.2 Å². The number of nitrogens with zero attached hydrogens (tertiary/aromatic N) is 1. The van der Waals surface area contributed by atoms with Gasteiger partial charge in [-0.25, -0.2) is 0 Å². The fourth-order valence-electron chi connectivity index (χ4n) is 2.46. The standard InChI is InChI=1S/C14H16N4O2/c1-20-8-5-6-10(15)12(7-8)16-14(19)13-9-3-2-4-11(9)17-18-13/h5-7H,2-4,15H2,1H3,(H,16,19)(H,17,18). The molecule has 0 aliphatic heterocycles. The molecule has 20 heavy (non-hydrogen) atoms. The Kier molecular flexibility index (Phi) is 3.06. The number of nitrogens with one attached hydrogen (secondary N) is 2. The number of carbonyl (C=O) groups is 1. The highest BCUT2D eigenvalue weighted by Crippen LogP contribution is 2.27. The summed E-state index contributed by atoms with van der Waals surface area (Å²) in [5, 5.41) is 9.81. The predicted molar refractivity (Wildman–Crippen MR) is 76.0 cm³/mol. The Morgan fingerprint density at radius 2 is 2.30 bits per heavy atom. The lowest BCUT2D eigenvalue weighted by Crippen LogP contribution is -2.15. The molecule has 1 aromatic heterocycles. The summed E-state index contributed by atoms with van der Waals surface area (Å²) in [5.41, 5.74) is 9.42. The number of nitrogen functional groups attached to an aromatic ring is 1. The van der Waals surface area contributed by atoms with Crippen molar-refractivity contribution in [2.75, 3.05) is 18.2 Å². The van der Waals surface area contributed by atoms with Crippen molar-refractivity contribution in [3.8, 4) is 5.75 Å². The summed E-state index contributed by atoms with van der Waals surface area (Å²) < 4.78 is 5.13. The van der Waals surface area contributed by atoms with Crippen LogP contribution in [-0.4, -0.2) is 23.2 Å². The first-order chi connectivity index (χ1) is 9.69. The van der Waals surface area contributed by atoms with E-state index in [1.54, 1.807) is 25.3 Å². The van der Waals surface area contributed by atoms with E-state index in [9.17, 15) is 4.79 Å². The van der Waals surface area contributed by atoms with E-state index in [0.717, 1.165) is 30.5 Å². The second kappa shape index (κ2) is 4.88. The third kappa shape index (κ3) is 2.09. The molecule has 0 fully saturated rings. The van der Waals surface area contributed by atoms with Crippen molar-refractivity contribution < 1.29 is 9.53 Å². The van der Waals surface area contributed by atoms with Gasteiger partial charge in [-0.15, -0.1) is 0 Å². The summed E-state index contributed by atoms with van der Waals surface area (Å²) in [4.78, 5) is 12.3. The molecule has 104 valence electrons. The van der Waals surface area contributed by atoms with Crippen LogP contribution >= 0.6 is 0 Å². The normalized spacial score (nSPS) is 13.1. The number of aromatic nitrogens is 2. The Balaban J connectivity index is 1.85. The number of anilines is 2. The molecule has 6 heteroatoms. The molecule has 0 saturated carbocycles. The van der Waals surface area contributed by atoms with Crippen molar-refractivity contribution in [1.29, 1.82) is 0 Å². The highest BCUT2D eigenvalue weighted by molar-refractivity contribution is 6.05. The molecule has 0 unspecified atom stereocenters. The number of nitrogens with two attached hydrogens (primary N) is 1. The zero-order valence-electron chi connectivity index (χ0n) is 11.2. The number of carbonyl (C=O) groups excluding carboxylic acids is 1. The molecule has 1 heterocycles. The van der Waals surface area contributed by atoms with Crippen molar-refractivity contribution >= 4 is 17.3 Å². The Morgan fingerprint density at radius 1 is 1.45 bits per heavy atom. The van der Waals surface area contributed by atoms with E-state index in [1.807, 2.05) is 0 Å². The fourth-order valence-corrected chi connectivity index (χ4v) is 2.46. The smallest absolute Gasteiger partial charge is 0.276 e.